The number of amides is 1. The molecule has 3 aromatic carbocycles. The monoisotopic (exact) mass is 553 g/mol. The third kappa shape index (κ3) is 6.12. The maximum Gasteiger partial charge on any atom is 0.270 e. The van der Waals surface area contributed by atoms with Gasteiger partial charge in [-0.25, -0.2) is 13.8 Å². The molecule has 1 heterocycles. The Morgan fingerprint density at radius 1 is 1.13 bits per heavy atom. The largest absolute Gasteiger partial charge is 0.342 e. The van der Waals surface area contributed by atoms with Gasteiger partial charge < -0.3 is 20.1 Å². The number of anilines is 2. The molecule has 0 aliphatic rings. The number of alkyl halides is 2. The third-order valence-corrected chi connectivity index (χ3v) is 8.44. The first-order valence-electron chi connectivity index (χ1n) is 12.5. The fraction of sp³-hybridized carbons (Fsp3) is 0.276. The van der Waals surface area contributed by atoms with Crippen molar-refractivity contribution in [1.82, 2.24) is 19.8 Å². The van der Waals surface area contributed by atoms with E-state index in [1.165, 1.54) is 6.07 Å². The molecule has 7 nitrogen and oxygen atoms in total. The van der Waals surface area contributed by atoms with Crippen molar-refractivity contribution >= 4 is 44.0 Å². The first-order chi connectivity index (χ1) is 18.4. The van der Waals surface area contributed by atoms with E-state index < -0.39 is 15.4 Å². The molecule has 1 unspecified atom stereocenters. The summed E-state index contributed by atoms with van der Waals surface area (Å²) in [5, 5.41) is 6.17. The van der Waals surface area contributed by atoms with Gasteiger partial charge in [0.2, 0.25) is 5.95 Å². The Kier molecular flexibility index (Phi) is 8.08. The van der Waals surface area contributed by atoms with E-state index in [0.29, 0.717) is 45.2 Å². The minimum absolute atomic E-state index is 0.0618. The summed E-state index contributed by atoms with van der Waals surface area (Å²) in [4.78, 5) is 19.7. The van der Waals surface area contributed by atoms with Gasteiger partial charge in [0, 0.05) is 51.7 Å². The number of nitrogens with one attached hydrogen (secondary N) is 2. The van der Waals surface area contributed by atoms with Crippen LogP contribution in [0.1, 0.15) is 35.3 Å². The van der Waals surface area contributed by atoms with Gasteiger partial charge in [-0.3, -0.25) is 9.00 Å². The van der Waals surface area contributed by atoms with Gasteiger partial charge in [0.1, 0.15) is 0 Å². The topological polar surface area (TPSA) is 79.3 Å². The first-order valence-corrected chi connectivity index (χ1v) is 14.4. The van der Waals surface area contributed by atoms with Crippen LogP contribution in [-0.4, -0.2) is 57.0 Å². The van der Waals surface area contributed by atoms with Crippen LogP contribution in [0.15, 0.2) is 71.6 Å². The van der Waals surface area contributed by atoms with Crippen LogP contribution in [0.2, 0.25) is 0 Å². The highest BCUT2D eigenvalue weighted by Gasteiger charge is 2.28. The smallest absolute Gasteiger partial charge is 0.270 e. The molecule has 39 heavy (non-hydrogen) atoms. The van der Waals surface area contributed by atoms with Gasteiger partial charge in [0.25, 0.3) is 11.8 Å². The number of fused-ring (bicyclic) bond motifs is 1. The minimum atomic E-state index is -3.02. The molecule has 0 spiro atoms. The SMILES string of the molecule is C=S(=O)(CNC)c1ccc(Nc2nc3cc(C(=O)N(C)CC)ccc3n2Cc2ccccc2C(C)(F)F)cc1. The average Bonchev–Trinajstić information content (AvgIpc) is 3.23. The third-order valence-electron chi connectivity index (χ3n) is 6.55. The lowest BCUT2D eigenvalue weighted by Gasteiger charge is -2.18. The summed E-state index contributed by atoms with van der Waals surface area (Å²) in [5.41, 5.74) is 2.80. The van der Waals surface area contributed by atoms with Crippen LogP contribution in [0, 0.1) is 0 Å². The summed E-state index contributed by atoms with van der Waals surface area (Å²) in [5.74, 6) is 1.37. The molecular formula is C29H33F2N5O2S. The normalized spacial score (nSPS) is 13.3. The van der Waals surface area contributed by atoms with Gasteiger partial charge >= 0.3 is 0 Å². The number of aromatic nitrogens is 2. The maximum absolute atomic E-state index is 14.4. The molecule has 0 aliphatic heterocycles. The molecule has 4 aromatic rings. The number of imidazole rings is 1. The van der Waals surface area contributed by atoms with E-state index in [4.69, 9.17) is 4.98 Å². The van der Waals surface area contributed by atoms with Crippen LogP contribution in [0.3, 0.4) is 0 Å². The van der Waals surface area contributed by atoms with Crippen molar-refractivity contribution in [2.45, 2.75) is 31.2 Å². The molecule has 10 heteroatoms. The highest BCUT2D eigenvalue weighted by Crippen LogP contribution is 2.32. The van der Waals surface area contributed by atoms with E-state index in [1.807, 2.05) is 11.5 Å². The molecular weight excluding hydrogens is 520 g/mol. The summed E-state index contributed by atoms with van der Waals surface area (Å²) >= 11 is 0. The predicted molar refractivity (Wildman–Crippen MR) is 155 cm³/mol. The van der Waals surface area contributed by atoms with E-state index in [1.54, 1.807) is 79.7 Å². The Morgan fingerprint density at radius 3 is 2.46 bits per heavy atom. The Hall–Kier alpha value is -3.76. The summed E-state index contributed by atoms with van der Waals surface area (Å²) in [6.07, 6.45) is 0. The summed E-state index contributed by atoms with van der Waals surface area (Å²) in [6, 6.07) is 18.7. The molecule has 0 bridgehead atoms. The number of hydrogen-bond acceptors (Lipinski definition) is 5. The number of nitrogens with zero attached hydrogens (tertiary/aromatic N) is 3. The highest BCUT2D eigenvalue weighted by atomic mass is 32.2. The Labute approximate surface area is 227 Å². The predicted octanol–water partition coefficient (Wildman–Crippen LogP) is 5.28. The van der Waals surface area contributed by atoms with Crippen LogP contribution in [0.4, 0.5) is 20.4 Å². The molecule has 1 aromatic heterocycles. The maximum atomic E-state index is 14.4. The van der Waals surface area contributed by atoms with Gasteiger partial charge in [0.05, 0.1) is 23.5 Å². The molecule has 0 radical (unpaired) electrons. The van der Waals surface area contributed by atoms with Crippen molar-refractivity contribution in [3.05, 3.63) is 83.4 Å². The van der Waals surface area contributed by atoms with Gasteiger partial charge in [0.15, 0.2) is 0 Å². The summed E-state index contributed by atoms with van der Waals surface area (Å²) < 4.78 is 43.5. The second kappa shape index (κ2) is 11.2. The Morgan fingerprint density at radius 2 is 1.82 bits per heavy atom. The van der Waals surface area contributed by atoms with Crippen LogP contribution < -0.4 is 10.6 Å². The van der Waals surface area contributed by atoms with Crippen molar-refractivity contribution in [1.29, 1.82) is 0 Å². The molecule has 206 valence electrons. The number of hydrogen-bond donors (Lipinski definition) is 2. The van der Waals surface area contributed by atoms with E-state index in [2.05, 4.69) is 16.5 Å². The molecule has 0 saturated carbocycles. The lowest BCUT2D eigenvalue weighted by Crippen LogP contribution is -2.26. The summed E-state index contributed by atoms with van der Waals surface area (Å²) in [6.45, 7) is 3.47. The lowest BCUT2D eigenvalue weighted by atomic mass is 10.0. The quantitative estimate of drug-likeness (QED) is 0.261. The second-order valence-electron chi connectivity index (χ2n) is 9.55. The average molecular weight is 554 g/mol. The molecule has 1 amide bonds. The summed E-state index contributed by atoms with van der Waals surface area (Å²) in [7, 11) is 0.969. The van der Waals surface area contributed by atoms with Crippen LogP contribution in [0.5, 0.6) is 0 Å². The number of rotatable bonds is 10. The van der Waals surface area contributed by atoms with Crippen molar-refractivity contribution in [3.8, 4) is 0 Å². The van der Waals surface area contributed by atoms with E-state index >= 15 is 0 Å². The number of benzene rings is 3. The molecule has 1 atom stereocenters. The van der Waals surface area contributed by atoms with E-state index in [9.17, 15) is 17.8 Å². The minimum Gasteiger partial charge on any atom is -0.342 e. The van der Waals surface area contributed by atoms with Gasteiger partial charge in [-0.1, -0.05) is 24.3 Å². The van der Waals surface area contributed by atoms with Gasteiger partial charge in [-0.2, -0.15) is 0 Å². The zero-order valence-corrected chi connectivity index (χ0v) is 23.3. The number of halogens is 2. The zero-order chi connectivity index (χ0) is 28.4. The molecule has 4 rings (SSSR count). The first kappa shape index (κ1) is 28.3. The Bertz CT molecular complexity index is 1590. The van der Waals surface area contributed by atoms with Crippen molar-refractivity contribution in [3.63, 3.8) is 0 Å². The van der Waals surface area contributed by atoms with Gasteiger partial charge in [-0.15, -0.1) is 0 Å². The molecule has 2 N–H and O–H groups in total. The van der Waals surface area contributed by atoms with Crippen LogP contribution in [-0.2, 0) is 22.0 Å². The van der Waals surface area contributed by atoms with Crippen molar-refractivity contribution in [2.24, 2.45) is 0 Å². The highest BCUT2D eigenvalue weighted by molar-refractivity contribution is 8.00. The van der Waals surface area contributed by atoms with Crippen molar-refractivity contribution in [2.75, 3.05) is 31.8 Å². The van der Waals surface area contributed by atoms with Crippen molar-refractivity contribution < 1.29 is 17.8 Å². The fourth-order valence-corrected chi connectivity index (χ4v) is 5.64. The molecule has 0 aliphatic carbocycles. The van der Waals surface area contributed by atoms with Gasteiger partial charge in [-0.05, 0) is 67.9 Å². The van der Waals surface area contributed by atoms with E-state index in [0.717, 1.165) is 6.92 Å². The second-order valence-corrected chi connectivity index (χ2v) is 11.9. The molecule has 0 saturated heterocycles. The standard InChI is InChI=1S/C29H33F2N5O2S/c1-6-35(4)27(37)20-11-16-26-25(17-20)34-28(33-22-12-14-23(15-13-22)39(5,38)19-32-3)36(26)18-21-9-7-8-10-24(21)29(2,30)31/h7-17,32H,5-6,18-19H2,1-4H3,(H,33,34). The van der Waals surface area contributed by atoms with Crippen LogP contribution in [0.25, 0.3) is 11.0 Å². The lowest BCUT2D eigenvalue weighted by molar-refractivity contribution is 0.0165. The number of carbonyl (C=O) groups is 1. The van der Waals surface area contributed by atoms with Crippen LogP contribution >= 0.6 is 0 Å². The fourth-order valence-electron chi connectivity index (χ4n) is 4.37. The zero-order valence-electron chi connectivity index (χ0n) is 22.5. The van der Waals surface area contributed by atoms with E-state index in [-0.39, 0.29) is 23.9 Å². The molecule has 0 fully saturated rings. The number of carbonyl (C=O) groups excluding carboxylic acids is 1. The Balaban J connectivity index is 1.79.